The van der Waals surface area contributed by atoms with Gasteiger partial charge in [-0.1, -0.05) is 30.3 Å². The van der Waals surface area contributed by atoms with Crippen molar-refractivity contribution in [3.05, 3.63) is 69.1 Å². The van der Waals surface area contributed by atoms with Gasteiger partial charge in [-0.3, -0.25) is 9.59 Å². The average Bonchev–Trinajstić information content (AvgIpc) is 2.39. The molecule has 0 aliphatic carbocycles. The summed E-state index contributed by atoms with van der Waals surface area (Å²) in [7, 11) is 0. The molecule has 0 radical (unpaired) electrons. The number of hydrogen-bond donors (Lipinski definition) is 1. The van der Waals surface area contributed by atoms with Gasteiger partial charge in [0.15, 0.2) is 5.78 Å². The number of pyridine rings is 1. The largest absolute Gasteiger partial charge is 0.325 e. The third-order valence-corrected chi connectivity index (χ3v) is 2.64. The molecule has 1 heterocycles. The van der Waals surface area contributed by atoms with E-state index in [1.54, 1.807) is 37.3 Å². The Labute approximate surface area is 104 Å². The van der Waals surface area contributed by atoms with Crippen molar-refractivity contribution >= 4 is 5.78 Å². The zero-order chi connectivity index (χ0) is 13.1. The van der Waals surface area contributed by atoms with E-state index in [4.69, 9.17) is 5.26 Å². The van der Waals surface area contributed by atoms with Crippen LogP contribution in [0, 0.1) is 18.3 Å². The number of nitrogens with one attached hydrogen (secondary N) is 1. The van der Waals surface area contributed by atoms with Crippen molar-refractivity contribution in [3.63, 3.8) is 0 Å². The predicted octanol–water partition coefficient (Wildman–Crippen LogP) is 1.79. The number of carbonyl (C=O) groups excluding carboxylic acids is 1. The van der Waals surface area contributed by atoms with E-state index >= 15 is 0 Å². The lowest BCUT2D eigenvalue weighted by Crippen LogP contribution is -2.16. The maximum absolute atomic E-state index is 12.2. The number of aromatic amines is 1. The van der Waals surface area contributed by atoms with Crippen LogP contribution >= 0.6 is 0 Å². The zero-order valence-corrected chi connectivity index (χ0v) is 9.73. The fraction of sp³-hybridized carbons (Fsp3) is 0.0714. The van der Waals surface area contributed by atoms with Gasteiger partial charge in [0.05, 0.1) is 0 Å². The van der Waals surface area contributed by atoms with Crippen molar-refractivity contribution in [2.45, 2.75) is 6.92 Å². The average molecular weight is 238 g/mol. The number of nitriles is 1. The molecule has 0 unspecified atom stereocenters. The van der Waals surface area contributed by atoms with Crippen LogP contribution in [0.1, 0.15) is 27.2 Å². The molecule has 0 amide bonds. The fourth-order valence-electron chi connectivity index (χ4n) is 1.69. The van der Waals surface area contributed by atoms with Crippen molar-refractivity contribution in [1.29, 1.82) is 5.26 Å². The minimum Gasteiger partial charge on any atom is -0.325 e. The Morgan fingerprint density at radius 3 is 2.56 bits per heavy atom. The van der Waals surface area contributed by atoms with Gasteiger partial charge in [-0.2, -0.15) is 5.26 Å². The van der Waals surface area contributed by atoms with Crippen LogP contribution in [0.25, 0.3) is 0 Å². The Bertz CT molecular complexity index is 694. The summed E-state index contributed by atoms with van der Waals surface area (Å²) >= 11 is 0. The number of aromatic nitrogens is 1. The smallest absolute Gasteiger partial charge is 0.266 e. The monoisotopic (exact) mass is 238 g/mol. The van der Waals surface area contributed by atoms with Crippen molar-refractivity contribution in [3.8, 4) is 6.07 Å². The van der Waals surface area contributed by atoms with Gasteiger partial charge in [-0.25, -0.2) is 0 Å². The Morgan fingerprint density at radius 1 is 1.28 bits per heavy atom. The van der Waals surface area contributed by atoms with Crippen LogP contribution < -0.4 is 5.56 Å². The molecule has 0 fully saturated rings. The highest BCUT2D eigenvalue weighted by atomic mass is 16.1. The molecule has 0 saturated heterocycles. The van der Waals surface area contributed by atoms with Gasteiger partial charge in [-0.15, -0.1) is 0 Å². The second-order valence-corrected chi connectivity index (χ2v) is 3.86. The second kappa shape index (κ2) is 4.68. The van der Waals surface area contributed by atoms with Crippen molar-refractivity contribution in [1.82, 2.24) is 4.98 Å². The first-order valence-electron chi connectivity index (χ1n) is 5.37. The highest BCUT2D eigenvalue weighted by Gasteiger charge is 2.14. The molecule has 88 valence electrons. The lowest BCUT2D eigenvalue weighted by Gasteiger charge is -2.05. The second-order valence-electron chi connectivity index (χ2n) is 3.86. The fourth-order valence-corrected chi connectivity index (χ4v) is 1.69. The number of carbonyl (C=O) groups is 1. The highest BCUT2D eigenvalue weighted by molar-refractivity contribution is 6.09. The van der Waals surface area contributed by atoms with Gasteiger partial charge in [0, 0.05) is 16.8 Å². The van der Waals surface area contributed by atoms with Crippen LogP contribution in [0.2, 0.25) is 0 Å². The van der Waals surface area contributed by atoms with E-state index in [0.717, 1.165) is 0 Å². The van der Waals surface area contributed by atoms with Gasteiger partial charge in [0.1, 0.15) is 11.6 Å². The molecule has 0 aliphatic heterocycles. The quantitative estimate of drug-likeness (QED) is 0.810. The van der Waals surface area contributed by atoms with Crippen molar-refractivity contribution in [2.24, 2.45) is 0 Å². The molecule has 4 heteroatoms. The lowest BCUT2D eigenvalue weighted by atomic mass is 10.0. The van der Waals surface area contributed by atoms with E-state index in [1.165, 1.54) is 6.07 Å². The molecule has 2 rings (SSSR count). The SMILES string of the molecule is Cc1[nH]c(=O)c(C#N)cc1C(=O)c1ccccc1. The van der Waals surface area contributed by atoms with E-state index < -0.39 is 5.56 Å². The summed E-state index contributed by atoms with van der Waals surface area (Å²) in [5, 5.41) is 8.80. The minimum absolute atomic E-state index is 0.0557. The first-order valence-corrected chi connectivity index (χ1v) is 5.37. The van der Waals surface area contributed by atoms with Gasteiger partial charge in [0.2, 0.25) is 0 Å². The Kier molecular flexibility index (Phi) is 3.07. The Balaban J connectivity index is 2.56. The number of aryl methyl sites for hydroxylation is 1. The van der Waals surface area contributed by atoms with E-state index in [-0.39, 0.29) is 11.3 Å². The first-order chi connectivity index (χ1) is 8.63. The van der Waals surface area contributed by atoms with Gasteiger partial charge >= 0.3 is 0 Å². The molecule has 0 aliphatic rings. The van der Waals surface area contributed by atoms with Crippen LogP contribution in [-0.2, 0) is 0 Å². The summed E-state index contributed by atoms with van der Waals surface area (Å²) in [6, 6.07) is 11.8. The van der Waals surface area contributed by atoms with Crippen molar-refractivity contribution in [2.75, 3.05) is 0 Å². The molecule has 1 aromatic carbocycles. The molecule has 1 aromatic heterocycles. The van der Waals surface area contributed by atoms with Crippen LogP contribution in [0.5, 0.6) is 0 Å². The van der Waals surface area contributed by atoms with Crippen LogP contribution in [0.15, 0.2) is 41.2 Å². The normalized spacial score (nSPS) is 9.78. The third-order valence-electron chi connectivity index (χ3n) is 2.64. The summed E-state index contributed by atoms with van der Waals surface area (Å²) in [5.41, 5.74) is 0.807. The summed E-state index contributed by atoms with van der Waals surface area (Å²) < 4.78 is 0. The van der Waals surface area contributed by atoms with Gasteiger partial charge < -0.3 is 4.98 Å². The number of hydrogen-bond acceptors (Lipinski definition) is 3. The number of H-pyrrole nitrogens is 1. The molecule has 2 aromatic rings. The van der Waals surface area contributed by atoms with Crippen molar-refractivity contribution < 1.29 is 4.79 Å². The number of rotatable bonds is 2. The molecule has 0 bridgehead atoms. The molecule has 4 nitrogen and oxygen atoms in total. The maximum Gasteiger partial charge on any atom is 0.266 e. The molecule has 1 N–H and O–H groups in total. The lowest BCUT2D eigenvalue weighted by molar-refractivity contribution is 0.103. The van der Waals surface area contributed by atoms with Crippen LogP contribution in [0.4, 0.5) is 0 Å². The van der Waals surface area contributed by atoms with E-state index in [2.05, 4.69) is 4.98 Å². The molecular formula is C14H10N2O2. The molecule has 18 heavy (non-hydrogen) atoms. The summed E-state index contributed by atoms with van der Waals surface area (Å²) in [6.07, 6.45) is 0. The third kappa shape index (κ3) is 2.06. The molecule has 0 atom stereocenters. The molecular weight excluding hydrogens is 228 g/mol. The molecule has 0 spiro atoms. The zero-order valence-electron chi connectivity index (χ0n) is 9.73. The van der Waals surface area contributed by atoms with Crippen LogP contribution in [0.3, 0.4) is 0 Å². The topological polar surface area (TPSA) is 73.7 Å². The summed E-state index contributed by atoms with van der Waals surface area (Å²) in [6.45, 7) is 1.64. The highest BCUT2D eigenvalue weighted by Crippen LogP contribution is 2.12. The van der Waals surface area contributed by atoms with E-state index in [0.29, 0.717) is 16.8 Å². The number of ketones is 1. The first kappa shape index (κ1) is 11.8. The summed E-state index contributed by atoms with van der Waals surface area (Å²) in [4.78, 5) is 26.1. The van der Waals surface area contributed by atoms with Gasteiger partial charge in [-0.05, 0) is 13.0 Å². The Hall–Kier alpha value is -2.67. The predicted molar refractivity (Wildman–Crippen MR) is 66.4 cm³/mol. The standard InChI is InChI=1S/C14H10N2O2/c1-9-12(7-11(8-15)14(18)16-9)13(17)10-5-3-2-4-6-10/h2-7H,1H3,(H,16,18). The van der Waals surface area contributed by atoms with Crippen LogP contribution in [-0.4, -0.2) is 10.8 Å². The summed E-state index contributed by atoms with van der Waals surface area (Å²) in [5.74, 6) is -0.208. The van der Waals surface area contributed by atoms with E-state index in [9.17, 15) is 9.59 Å². The molecule has 0 saturated carbocycles. The number of nitrogens with zero attached hydrogens (tertiary/aromatic N) is 1. The Morgan fingerprint density at radius 2 is 1.94 bits per heavy atom. The minimum atomic E-state index is -0.473. The van der Waals surface area contributed by atoms with E-state index in [1.807, 2.05) is 6.07 Å². The van der Waals surface area contributed by atoms with Gasteiger partial charge in [0.25, 0.3) is 5.56 Å². The number of benzene rings is 1. The maximum atomic E-state index is 12.2.